The fraction of sp³-hybridized carbons (Fsp3) is 0.417. The van der Waals surface area contributed by atoms with Crippen LogP contribution < -0.4 is 10.2 Å². The average molecular weight is 392 g/mol. The Kier molecular flexibility index (Phi) is 5.95. The maximum absolute atomic E-state index is 13.0. The summed E-state index contributed by atoms with van der Waals surface area (Å²) >= 11 is 0. The van der Waals surface area contributed by atoms with Crippen molar-refractivity contribution < 1.29 is 9.59 Å². The van der Waals surface area contributed by atoms with Gasteiger partial charge in [-0.2, -0.15) is 0 Å². The molecule has 1 fully saturated rings. The monoisotopic (exact) mass is 391 g/mol. The second-order valence-electron chi connectivity index (χ2n) is 8.20. The van der Waals surface area contributed by atoms with Gasteiger partial charge in [-0.15, -0.1) is 0 Å². The minimum Gasteiger partial charge on any atom is -0.352 e. The Bertz CT molecular complexity index is 859. The molecule has 2 heterocycles. The number of fused-ring (bicyclic) bond motifs is 1. The predicted octanol–water partition coefficient (Wildman–Crippen LogP) is 2.99. The third-order valence-electron chi connectivity index (χ3n) is 6.10. The van der Waals surface area contributed by atoms with Crippen LogP contribution in [0.15, 0.2) is 54.6 Å². The second kappa shape index (κ2) is 8.78. The molecule has 29 heavy (non-hydrogen) atoms. The van der Waals surface area contributed by atoms with Crippen molar-refractivity contribution in [2.24, 2.45) is 5.92 Å². The lowest BCUT2D eigenvalue weighted by Crippen LogP contribution is -2.47. The first-order valence-corrected chi connectivity index (χ1v) is 10.6. The molecule has 0 unspecified atom stereocenters. The largest absolute Gasteiger partial charge is 0.352 e. The smallest absolute Gasteiger partial charge is 0.241 e. The highest BCUT2D eigenvalue weighted by molar-refractivity contribution is 5.97. The Morgan fingerprint density at radius 1 is 1.00 bits per heavy atom. The highest BCUT2D eigenvalue weighted by Crippen LogP contribution is 2.32. The van der Waals surface area contributed by atoms with Gasteiger partial charge < -0.3 is 10.2 Å². The summed E-state index contributed by atoms with van der Waals surface area (Å²) in [4.78, 5) is 29.6. The summed E-state index contributed by atoms with van der Waals surface area (Å²) in [5.74, 6) is 0.327. The molecule has 1 saturated heterocycles. The zero-order valence-electron chi connectivity index (χ0n) is 17.0. The first-order chi connectivity index (χ1) is 14.1. The first kappa shape index (κ1) is 19.6. The summed E-state index contributed by atoms with van der Waals surface area (Å²) in [5, 5.41) is 3.05. The molecule has 1 N–H and O–H groups in total. The van der Waals surface area contributed by atoms with Crippen molar-refractivity contribution in [3.8, 4) is 0 Å². The molecule has 4 rings (SSSR count). The highest BCUT2D eigenvalue weighted by atomic mass is 16.2. The van der Waals surface area contributed by atoms with Gasteiger partial charge in [0.1, 0.15) is 0 Å². The van der Waals surface area contributed by atoms with Crippen molar-refractivity contribution in [1.29, 1.82) is 0 Å². The van der Waals surface area contributed by atoms with Crippen LogP contribution in [0.4, 0.5) is 5.69 Å². The molecule has 0 aromatic heterocycles. The molecule has 0 spiro atoms. The van der Waals surface area contributed by atoms with Crippen LogP contribution >= 0.6 is 0 Å². The van der Waals surface area contributed by atoms with E-state index < -0.39 is 0 Å². The summed E-state index contributed by atoms with van der Waals surface area (Å²) < 4.78 is 0. The topological polar surface area (TPSA) is 52.7 Å². The molecule has 2 aromatic carbocycles. The van der Waals surface area contributed by atoms with Gasteiger partial charge in [0.05, 0.1) is 6.54 Å². The number of piperidine rings is 1. The Hall–Kier alpha value is -2.66. The van der Waals surface area contributed by atoms with E-state index >= 15 is 0 Å². The minimum absolute atomic E-state index is 0.0384. The number of hydrogen-bond donors (Lipinski definition) is 1. The summed E-state index contributed by atoms with van der Waals surface area (Å²) in [6, 6.07) is 18.4. The molecule has 1 atom stereocenters. The van der Waals surface area contributed by atoms with Crippen molar-refractivity contribution >= 4 is 17.5 Å². The molecule has 0 radical (unpaired) electrons. The lowest BCUT2D eigenvalue weighted by molar-refractivity contribution is -0.126. The van der Waals surface area contributed by atoms with Crippen LogP contribution in [0.2, 0.25) is 0 Å². The van der Waals surface area contributed by atoms with E-state index in [9.17, 15) is 9.59 Å². The molecule has 0 bridgehead atoms. The predicted molar refractivity (Wildman–Crippen MR) is 115 cm³/mol. The van der Waals surface area contributed by atoms with Gasteiger partial charge in [-0.05, 0) is 56.5 Å². The number of hydrogen-bond acceptors (Lipinski definition) is 3. The Morgan fingerprint density at radius 2 is 1.69 bits per heavy atom. The standard InChI is InChI=1S/C24H29N3O2/c1-18-15-21-9-5-6-10-22(21)27(18)23(28)17-26-13-11-20(12-14-26)24(29)25-16-19-7-3-2-4-8-19/h2-10,18,20H,11-17H2,1H3,(H,25,29)/t18-/m0/s1. The number of benzene rings is 2. The number of carbonyl (C=O) groups excluding carboxylic acids is 2. The van der Waals surface area contributed by atoms with Crippen molar-refractivity contribution in [2.75, 3.05) is 24.5 Å². The van der Waals surface area contributed by atoms with Gasteiger partial charge >= 0.3 is 0 Å². The minimum atomic E-state index is 0.0384. The summed E-state index contributed by atoms with van der Waals surface area (Å²) in [7, 11) is 0. The Labute approximate surface area is 172 Å². The van der Waals surface area contributed by atoms with Crippen molar-refractivity contribution in [2.45, 2.75) is 38.8 Å². The molecule has 2 amide bonds. The van der Waals surface area contributed by atoms with E-state index in [0.717, 1.165) is 43.6 Å². The van der Waals surface area contributed by atoms with E-state index in [2.05, 4.69) is 23.2 Å². The quantitative estimate of drug-likeness (QED) is 0.853. The third kappa shape index (κ3) is 4.51. The number of amides is 2. The fourth-order valence-corrected chi connectivity index (χ4v) is 4.50. The van der Waals surface area contributed by atoms with Crippen molar-refractivity contribution in [3.05, 3.63) is 65.7 Å². The van der Waals surface area contributed by atoms with Gasteiger partial charge in [0.15, 0.2) is 0 Å². The lowest BCUT2D eigenvalue weighted by Gasteiger charge is -2.32. The molecule has 0 aliphatic carbocycles. The van der Waals surface area contributed by atoms with E-state index in [1.165, 1.54) is 5.56 Å². The number of nitrogens with one attached hydrogen (secondary N) is 1. The zero-order chi connectivity index (χ0) is 20.2. The van der Waals surface area contributed by atoms with E-state index in [1.807, 2.05) is 53.4 Å². The van der Waals surface area contributed by atoms with Crippen LogP contribution in [-0.2, 0) is 22.6 Å². The maximum Gasteiger partial charge on any atom is 0.241 e. The number of nitrogens with zero attached hydrogens (tertiary/aromatic N) is 2. The molecule has 2 aliphatic rings. The second-order valence-corrected chi connectivity index (χ2v) is 8.20. The molecule has 0 saturated carbocycles. The molecule has 2 aromatic rings. The number of rotatable bonds is 5. The normalized spacial score (nSPS) is 19.8. The van der Waals surface area contributed by atoms with Crippen LogP contribution in [0.25, 0.3) is 0 Å². The number of likely N-dealkylation sites (tertiary alicyclic amines) is 1. The van der Waals surface area contributed by atoms with Crippen LogP contribution in [-0.4, -0.2) is 42.4 Å². The Balaban J connectivity index is 1.26. The van der Waals surface area contributed by atoms with Crippen LogP contribution in [0, 0.1) is 5.92 Å². The number of para-hydroxylation sites is 1. The lowest BCUT2D eigenvalue weighted by atomic mass is 9.95. The van der Waals surface area contributed by atoms with Crippen LogP contribution in [0.5, 0.6) is 0 Å². The molecular formula is C24H29N3O2. The molecule has 2 aliphatic heterocycles. The van der Waals surface area contributed by atoms with E-state index in [1.54, 1.807) is 0 Å². The summed E-state index contributed by atoms with van der Waals surface area (Å²) in [5.41, 5.74) is 3.42. The van der Waals surface area contributed by atoms with E-state index in [0.29, 0.717) is 13.1 Å². The maximum atomic E-state index is 13.0. The van der Waals surface area contributed by atoms with Gasteiger partial charge in [0.2, 0.25) is 11.8 Å². The van der Waals surface area contributed by atoms with Gasteiger partial charge in [-0.3, -0.25) is 14.5 Å². The number of carbonyl (C=O) groups is 2. The van der Waals surface area contributed by atoms with Gasteiger partial charge in [0, 0.05) is 24.2 Å². The molecule has 5 heteroatoms. The summed E-state index contributed by atoms with van der Waals surface area (Å²) in [6.45, 7) is 4.70. The van der Waals surface area contributed by atoms with E-state index in [-0.39, 0.29) is 23.8 Å². The molecule has 5 nitrogen and oxygen atoms in total. The SMILES string of the molecule is C[C@H]1Cc2ccccc2N1C(=O)CN1CCC(C(=O)NCc2ccccc2)CC1. The Morgan fingerprint density at radius 3 is 2.45 bits per heavy atom. The number of anilines is 1. The molecule has 152 valence electrons. The van der Waals surface area contributed by atoms with Gasteiger partial charge in [-0.1, -0.05) is 48.5 Å². The zero-order valence-corrected chi connectivity index (χ0v) is 17.0. The van der Waals surface area contributed by atoms with Crippen LogP contribution in [0.1, 0.15) is 30.9 Å². The third-order valence-corrected chi connectivity index (χ3v) is 6.10. The van der Waals surface area contributed by atoms with Crippen molar-refractivity contribution in [1.82, 2.24) is 10.2 Å². The fourth-order valence-electron chi connectivity index (χ4n) is 4.50. The van der Waals surface area contributed by atoms with Gasteiger partial charge in [-0.25, -0.2) is 0 Å². The highest BCUT2D eigenvalue weighted by Gasteiger charge is 2.32. The first-order valence-electron chi connectivity index (χ1n) is 10.6. The van der Waals surface area contributed by atoms with Gasteiger partial charge in [0.25, 0.3) is 0 Å². The van der Waals surface area contributed by atoms with E-state index in [4.69, 9.17) is 0 Å². The van der Waals surface area contributed by atoms with Crippen molar-refractivity contribution in [3.63, 3.8) is 0 Å². The summed E-state index contributed by atoms with van der Waals surface area (Å²) in [6.07, 6.45) is 2.53. The van der Waals surface area contributed by atoms with Crippen LogP contribution in [0.3, 0.4) is 0 Å². The molecular weight excluding hydrogens is 362 g/mol. The average Bonchev–Trinajstić information content (AvgIpc) is 3.09.